The molecule has 0 bridgehead atoms. The lowest BCUT2D eigenvalue weighted by Gasteiger charge is -2.49. The maximum atomic E-state index is 13.1. The number of anilines is 1. The van der Waals surface area contributed by atoms with Gasteiger partial charge in [-0.3, -0.25) is 19.9 Å². The van der Waals surface area contributed by atoms with Gasteiger partial charge in [0, 0.05) is 34.2 Å². The molecule has 1 aromatic carbocycles. The maximum Gasteiger partial charge on any atom is 0.352 e. The molecule has 0 aliphatic carbocycles. The number of nitrogens with zero attached hydrogens (tertiary/aromatic N) is 6. The molecule has 5 heterocycles. The molecule has 0 radical (unpaired) electrons. The average molecular weight is 600 g/mol. The number of aromatic nitrogens is 1. The van der Waals surface area contributed by atoms with Crippen molar-refractivity contribution in [3.8, 4) is 0 Å². The Kier molecular flexibility index (Phi) is 6.87. The molecule has 2 aromatic rings. The van der Waals surface area contributed by atoms with Crippen LogP contribution in [0.2, 0.25) is 0 Å². The van der Waals surface area contributed by atoms with E-state index in [1.165, 1.54) is 35.7 Å². The summed E-state index contributed by atoms with van der Waals surface area (Å²) in [6.07, 6.45) is 3.59. The van der Waals surface area contributed by atoms with E-state index in [4.69, 9.17) is 10.6 Å². The quantitative estimate of drug-likeness (QED) is 0.146. The van der Waals surface area contributed by atoms with E-state index in [1.807, 2.05) is 30.5 Å². The van der Waals surface area contributed by atoms with Gasteiger partial charge in [-0.2, -0.15) is 10.2 Å². The summed E-state index contributed by atoms with van der Waals surface area (Å²) >= 11 is 3.82. The first-order chi connectivity index (χ1) is 19.4. The molecule has 4 aliphatic heterocycles. The van der Waals surface area contributed by atoms with Crippen LogP contribution in [0.15, 0.2) is 57.4 Å². The number of carbonyl (C=O) groups is 3. The topological polar surface area (TPSA) is 178 Å². The SMILES string of the molecule is CO/N=C(\C(=O)N[C@@H]1C(=O)N2C(C(=O)O)=C(CSN3NC=C4c5ccccc5C=NN43)CS[C@H]12)c1csc(N)n1. The molecule has 1 saturated heterocycles. The highest BCUT2D eigenvalue weighted by atomic mass is 32.2. The van der Waals surface area contributed by atoms with Gasteiger partial charge < -0.3 is 21.0 Å². The summed E-state index contributed by atoms with van der Waals surface area (Å²) in [5.41, 5.74) is 12.3. The van der Waals surface area contributed by atoms with Crippen molar-refractivity contribution in [2.75, 3.05) is 24.3 Å². The minimum absolute atomic E-state index is 0.0790. The van der Waals surface area contributed by atoms with Crippen molar-refractivity contribution in [2.24, 2.45) is 10.3 Å². The van der Waals surface area contributed by atoms with Gasteiger partial charge in [-0.1, -0.05) is 33.9 Å². The largest absolute Gasteiger partial charge is 0.477 e. The average Bonchev–Trinajstić information content (AvgIpc) is 3.58. The van der Waals surface area contributed by atoms with E-state index in [1.54, 1.807) is 21.2 Å². The fourth-order valence-corrected chi connectivity index (χ4v) is 7.41. The Hall–Kier alpha value is -4.06. The normalized spacial score (nSPS) is 21.7. The number of nitrogen functional groups attached to an aromatic ring is 1. The van der Waals surface area contributed by atoms with Crippen molar-refractivity contribution >= 4 is 75.6 Å². The van der Waals surface area contributed by atoms with Gasteiger partial charge in [-0.05, 0) is 17.5 Å². The summed E-state index contributed by atoms with van der Waals surface area (Å²) < 4.78 is 1.70. The van der Waals surface area contributed by atoms with E-state index in [-0.39, 0.29) is 22.2 Å². The predicted octanol–water partition coefficient (Wildman–Crippen LogP) is 0.846. The molecular weight excluding hydrogens is 579 g/mol. The zero-order valence-corrected chi connectivity index (χ0v) is 23.1. The molecule has 6 rings (SSSR count). The Morgan fingerprint density at radius 1 is 1.38 bits per heavy atom. The highest BCUT2D eigenvalue weighted by Gasteiger charge is 2.54. The second-order valence-electron chi connectivity index (χ2n) is 8.64. The van der Waals surface area contributed by atoms with E-state index in [9.17, 15) is 19.5 Å². The zero-order chi connectivity index (χ0) is 28.0. The molecule has 2 amide bonds. The summed E-state index contributed by atoms with van der Waals surface area (Å²) in [7, 11) is 1.28. The van der Waals surface area contributed by atoms with E-state index in [0.717, 1.165) is 28.2 Å². The number of carboxylic acids is 1. The van der Waals surface area contributed by atoms with Crippen LogP contribution in [0, 0.1) is 0 Å². The zero-order valence-electron chi connectivity index (χ0n) is 20.7. The first kappa shape index (κ1) is 26.2. The summed E-state index contributed by atoms with van der Waals surface area (Å²) in [5.74, 6) is -1.77. The number of thioether (sulfide) groups is 1. The highest BCUT2D eigenvalue weighted by Crippen LogP contribution is 2.42. The minimum Gasteiger partial charge on any atom is -0.477 e. The number of carbonyl (C=O) groups excluding carboxylic acids is 2. The van der Waals surface area contributed by atoms with Gasteiger partial charge in [0.2, 0.25) is 0 Å². The van der Waals surface area contributed by atoms with Gasteiger partial charge in [0.05, 0.1) is 6.21 Å². The third-order valence-electron chi connectivity index (χ3n) is 6.30. The molecule has 4 aliphatic rings. The maximum absolute atomic E-state index is 13.1. The third kappa shape index (κ3) is 4.45. The summed E-state index contributed by atoms with van der Waals surface area (Å²) in [6.45, 7) is 0. The van der Waals surface area contributed by atoms with Gasteiger partial charge in [0.1, 0.15) is 35.6 Å². The lowest BCUT2D eigenvalue weighted by molar-refractivity contribution is -0.150. The second kappa shape index (κ2) is 10.5. The summed E-state index contributed by atoms with van der Waals surface area (Å²) in [4.78, 5) is 48.4. The van der Waals surface area contributed by atoms with Gasteiger partial charge >= 0.3 is 5.97 Å². The van der Waals surface area contributed by atoms with Crippen LogP contribution >= 0.6 is 35.0 Å². The number of β-lactam (4-membered cyclic amide) rings is 1. The summed E-state index contributed by atoms with van der Waals surface area (Å²) in [6, 6.07) is 6.94. The van der Waals surface area contributed by atoms with Crippen LogP contribution in [-0.2, 0) is 19.2 Å². The summed E-state index contributed by atoms with van der Waals surface area (Å²) in [5, 5.41) is 23.8. The van der Waals surface area contributed by atoms with Crippen LogP contribution in [-0.4, -0.2) is 84.4 Å². The number of fused-ring (bicyclic) bond motifs is 4. The Morgan fingerprint density at radius 2 is 2.20 bits per heavy atom. The number of hydrogen-bond acceptors (Lipinski definition) is 14. The molecule has 5 N–H and O–H groups in total. The monoisotopic (exact) mass is 599 g/mol. The van der Waals surface area contributed by atoms with Crippen molar-refractivity contribution in [2.45, 2.75) is 11.4 Å². The van der Waals surface area contributed by atoms with Gasteiger partial charge in [-0.15, -0.1) is 23.1 Å². The second-order valence-corrected chi connectivity index (χ2v) is 11.5. The molecule has 0 saturated carbocycles. The van der Waals surface area contributed by atoms with Gasteiger partial charge in [0.25, 0.3) is 11.8 Å². The number of thiazole rings is 1. The number of nitrogens with one attached hydrogen (secondary N) is 2. The molecule has 14 nitrogen and oxygen atoms in total. The predicted molar refractivity (Wildman–Crippen MR) is 151 cm³/mol. The first-order valence-corrected chi connectivity index (χ1v) is 14.6. The number of hydrogen-bond donors (Lipinski definition) is 4. The van der Waals surface area contributed by atoms with E-state index in [0.29, 0.717) is 17.1 Å². The van der Waals surface area contributed by atoms with Crippen LogP contribution < -0.4 is 16.5 Å². The van der Waals surface area contributed by atoms with Crippen molar-refractivity contribution in [3.63, 3.8) is 0 Å². The lowest BCUT2D eigenvalue weighted by atomic mass is 10.0. The fourth-order valence-electron chi connectivity index (χ4n) is 4.51. The molecule has 1 fully saturated rings. The van der Waals surface area contributed by atoms with E-state index < -0.39 is 29.2 Å². The molecule has 206 valence electrons. The van der Waals surface area contributed by atoms with Crippen LogP contribution in [0.5, 0.6) is 0 Å². The van der Waals surface area contributed by atoms with Crippen molar-refractivity contribution < 1.29 is 24.3 Å². The Labute approximate surface area is 239 Å². The Morgan fingerprint density at radius 3 is 2.95 bits per heavy atom. The molecule has 40 heavy (non-hydrogen) atoms. The molecular formula is C23H21N9O5S3. The lowest BCUT2D eigenvalue weighted by Crippen LogP contribution is -2.71. The Bertz CT molecular complexity index is 1540. The smallest absolute Gasteiger partial charge is 0.352 e. The molecule has 1 aromatic heterocycles. The van der Waals surface area contributed by atoms with Crippen LogP contribution in [0.3, 0.4) is 0 Å². The van der Waals surface area contributed by atoms with Crippen molar-refractivity contribution in [3.05, 3.63) is 63.9 Å². The van der Waals surface area contributed by atoms with Gasteiger partial charge in [0.15, 0.2) is 10.8 Å². The number of amides is 2. The van der Waals surface area contributed by atoms with Crippen LogP contribution in [0.25, 0.3) is 5.70 Å². The van der Waals surface area contributed by atoms with Gasteiger partial charge in [-0.25, -0.2) is 9.78 Å². The number of benzene rings is 1. The van der Waals surface area contributed by atoms with E-state index in [2.05, 4.69) is 26.0 Å². The molecule has 17 heteroatoms. The van der Waals surface area contributed by atoms with Crippen molar-refractivity contribution in [1.82, 2.24) is 30.3 Å². The van der Waals surface area contributed by atoms with Crippen LogP contribution in [0.4, 0.5) is 5.13 Å². The third-order valence-corrected chi connectivity index (χ3v) is 9.30. The molecule has 0 spiro atoms. The first-order valence-electron chi connectivity index (χ1n) is 11.7. The van der Waals surface area contributed by atoms with Crippen molar-refractivity contribution in [1.29, 1.82) is 0 Å². The highest BCUT2D eigenvalue weighted by molar-refractivity contribution is 8.00. The van der Waals surface area contributed by atoms with E-state index >= 15 is 0 Å². The number of carboxylic acid groups (broad SMARTS) is 1. The number of rotatable bonds is 8. The number of hydrazone groups is 1. The standard InChI is InChI=1S/C23H21N9O5S3/c1-37-29-16(14-10-39-23(24)27-14)19(33)28-17-20(34)30-18(22(35)36)12(8-38-21(17)30)9-40-32-26-7-15-13-5-3-2-4-11(13)6-25-31(15)32/h2-7,10,17,21,26H,8-9H2,1H3,(H2,24,27)(H,28,33)(H,35,36)/b29-16-/t17-,21-/m1/s1. The minimum atomic E-state index is -1.21. The number of oxime groups is 1. The Balaban J connectivity index is 1.14. The number of aliphatic carboxylic acids is 1. The molecule has 0 unspecified atom stereocenters. The number of hydrazine groups is 2. The fraction of sp³-hybridized carbons (Fsp3) is 0.217. The van der Waals surface area contributed by atoms with Crippen LogP contribution in [0.1, 0.15) is 16.8 Å². The number of nitrogens with two attached hydrogens (primary N) is 1. The molecule has 2 atom stereocenters.